The third kappa shape index (κ3) is 9.11. The average molecular weight is 291 g/mol. The Hall–Kier alpha value is -1.51. The zero-order chi connectivity index (χ0) is 15.2. The third-order valence-corrected chi connectivity index (χ3v) is 3.60. The van der Waals surface area contributed by atoms with E-state index in [4.69, 9.17) is 4.74 Å². The summed E-state index contributed by atoms with van der Waals surface area (Å²) in [6.07, 6.45) is 12.6. The van der Waals surface area contributed by atoms with E-state index in [2.05, 4.69) is 12.2 Å². The van der Waals surface area contributed by atoms with Gasteiger partial charge >= 0.3 is 0 Å². The van der Waals surface area contributed by atoms with Gasteiger partial charge in [0.05, 0.1) is 6.61 Å². The number of ether oxygens (including phenoxy) is 1. The second kappa shape index (κ2) is 12.2. The molecule has 3 nitrogen and oxygen atoms in total. The first kappa shape index (κ1) is 17.5. The third-order valence-electron chi connectivity index (χ3n) is 3.60. The van der Waals surface area contributed by atoms with E-state index < -0.39 is 0 Å². The van der Waals surface area contributed by atoms with Crippen molar-refractivity contribution in [2.24, 2.45) is 0 Å². The summed E-state index contributed by atoms with van der Waals surface area (Å²) in [6, 6.07) is 7.47. The molecule has 1 aromatic carbocycles. The van der Waals surface area contributed by atoms with Crippen LogP contribution in [0.1, 0.15) is 64.7 Å². The van der Waals surface area contributed by atoms with Gasteiger partial charge in [0.15, 0.2) is 0 Å². The lowest BCUT2D eigenvalue weighted by Crippen LogP contribution is -1.98. The van der Waals surface area contributed by atoms with Crippen molar-refractivity contribution in [3.05, 3.63) is 24.3 Å². The lowest BCUT2D eigenvalue weighted by Gasteiger charge is -2.07. The quantitative estimate of drug-likeness (QED) is 0.402. The fourth-order valence-electron chi connectivity index (χ4n) is 2.32. The number of anilines is 1. The SMILES string of the molecule is CCCCCCCCCCCOc1ccc(NC=O)cc1. The van der Waals surface area contributed by atoms with Gasteiger partial charge in [0.25, 0.3) is 0 Å². The molecule has 0 heterocycles. The molecule has 0 saturated heterocycles. The standard InChI is InChI=1S/C18H29NO2/c1-2-3-4-5-6-7-8-9-10-15-21-18-13-11-17(12-14-18)19-16-20/h11-14,16H,2-10,15H2,1H3,(H,19,20). The average Bonchev–Trinajstić information content (AvgIpc) is 2.51. The van der Waals surface area contributed by atoms with Crippen molar-refractivity contribution in [2.75, 3.05) is 11.9 Å². The van der Waals surface area contributed by atoms with Gasteiger partial charge in [-0.25, -0.2) is 0 Å². The van der Waals surface area contributed by atoms with Gasteiger partial charge in [0.2, 0.25) is 6.41 Å². The predicted octanol–water partition coefficient (Wildman–Crippen LogP) is 5.16. The molecule has 0 unspecified atom stereocenters. The molecule has 0 bridgehead atoms. The number of amides is 1. The largest absolute Gasteiger partial charge is 0.494 e. The van der Waals surface area contributed by atoms with E-state index in [0.29, 0.717) is 6.41 Å². The first-order valence-corrected chi connectivity index (χ1v) is 8.30. The van der Waals surface area contributed by atoms with Crippen LogP contribution in [0.4, 0.5) is 5.69 Å². The summed E-state index contributed by atoms with van der Waals surface area (Å²) in [5, 5.41) is 2.61. The van der Waals surface area contributed by atoms with Crippen LogP contribution < -0.4 is 10.1 Å². The summed E-state index contributed by atoms with van der Waals surface area (Å²) < 4.78 is 5.68. The van der Waals surface area contributed by atoms with Gasteiger partial charge in [-0.1, -0.05) is 58.3 Å². The van der Waals surface area contributed by atoms with E-state index in [0.717, 1.165) is 24.5 Å². The maximum Gasteiger partial charge on any atom is 0.211 e. The molecule has 0 aliphatic rings. The minimum Gasteiger partial charge on any atom is -0.494 e. The molecule has 0 spiro atoms. The molecule has 0 aliphatic carbocycles. The highest BCUT2D eigenvalue weighted by molar-refractivity contribution is 5.71. The van der Waals surface area contributed by atoms with Crippen molar-refractivity contribution in [1.82, 2.24) is 0 Å². The molecular formula is C18H29NO2. The molecule has 0 radical (unpaired) electrons. The number of rotatable bonds is 13. The van der Waals surface area contributed by atoms with E-state index in [1.54, 1.807) is 0 Å². The van der Waals surface area contributed by atoms with Crippen molar-refractivity contribution in [2.45, 2.75) is 64.7 Å². The summed E-state index contributed by atoms with van der Waals surface area (Å²) in [4.78, 5) is 10.3. The van der Waals surface area contributed by atoms with Gasteiger partial charge in [-0.2, -0.15) is 0 Å². The van der Waals surface area contributed by atoms with Crippen LogP contribution in [0.3, 0.4) is 0 Å². The molecule has 1 rings (SSSR count). The molecule has 0 fully saturated rings. The molecule has 0 saturated carbocycles. The van der Waals surface area contributed by atoms with E-state index in [-0.39, 0.29) is 0 Å². The first-order chi connectivity index (χ1) is 10.4. The van der Waals surface area contributed by atoms with Crippen LogP contribution in [0, 0.1) is 0 Å². The van der Waals surface area contributed by atoms with Crippen LogP contribution in [0.2, 0.25) is 0 Å². The Morgan fingerprint density at radius 3 is 2.05 bits per heavy atom. The van der Waals surface area contributed by atoms with Crippen molar-refractivity contribution in [1.29, 1.82) is 0 Å². The van der Waals surface area contributed by atoms with Crippen molar-refractivity contribution in [3.8, 4) is 5.75 Å². The lowest BCUT2D eigenvalue weighted by molar-refractivity contribution is -0.105. The summed E-state index contributed by atoms with van der Waals surface area (Å²) in [6.45, 7) is 3.03. The molecule has 3 heteroatoms. The highest BCUT2D eigenvalue weighted by Crippen LogP contribution is 2.16. The second-order valence-corrected chi connectivity index (χ2v) is 5.46. The molecule has 21 heavy (non-hydrogen) atoms. The Bertz CT molecular complexity index is 362. The predicted molar refractivity (Wildman–Crippen MR) is 88.9 cm³/mol. The number of hydrogen-bond donors (Lipinski definition) is 1. The monoisotopic (exact) mass is 291 g/mol. The number of carbonyl (C=O) groups excluding carboxylic acids is 1. The summed E-state index contributed by atoms with van der Waals surface area (Å²) >= 11 is 0. The molecule has 0 aliphatic heterocycles. The summed E-state index contributed by atoms with van der Waals surface area (Å²) in [7, 11) is 0. The van der Waals surface area contributed by atoms with Gasteiger partial charge in [-0.05, 0) is 30.7 Å². The van der Waals surface area contributed by atoms with E-state index in [1.807, 2.05) is 24.3 Å². The first-order valence-electron chi connectivity index (χ1n) is 8.30. The maximum atomic E-state index is 10.3. The van der Waals surface area contributed by atoms with E-state index in [9.17, 15) is 4.79 Å². The Morgan fingerprint density at radius 1 is 0.905 bits per heavy atom. The van der Waals surface area contributed by atoms with Gasteiger partial charge in [-0.15, -0.1) is 0 Å². The zero-order valence-electron chi connectivity index (χ0n) is 13.3. The lowest BCUT2D eigenvalue weighted by atomic mass is 10.1. The summed E-state index contributed by atoms with van der Waals surface area (Å²) in [5.74, 6) is 0.867. The minimum atomic E-state index is 0.679. The smallest absolute Gasteiger partial charge is 0.211 e. The fourth-order valence-corrected chi connectivity index (χ4v) is 2.32. The van der Waals surface area contributed by atoms with Crippen LogP contribution in [-0.2, 0) is 4.79 Å². The van der Waals surface area contributed by atoms with Crippen LogP contribution in [0.5, 0.6) is 5.75 Å². The van der Waals surface area contributed by atoms with Gasteiger partial charge in [-0.3, -0.25) is 4.79 Å². The Kier molecular flexibility index (Phi) is 10.2. The molecule has 1 amide bonds. The minimum absolute atomic E-state index is 0.679. The normalized spacial score (nSPS) is 10.3. The number of carbonyl (C=O) groups is 1. The highest BCUT2D eigenvalue weighted by atomic mass is 16.5. The molecule has 1 aromatic rings. The molecule has 118 valence electrons. The molecule has 0 atom stereocenters. The number of unbranched alkanes of at least 4 members (excludes halogenated alkanes) is 8. The second-order valence-electron chi connectivity index (χ2n) is 5.46. The Balaban J connectivity index is 1.95. The zero-order valence-corrected chi connectivity index (χ0v) is 13.3. The Morgan fingerprint density at radius 2 is 1.48 bits per heavy atom. The van der Waals surface area contributed by atoms with E-state index in [1.165, 1.54) is 51.4 Å². The fraction of sp³-hybridized carbons (Fsp3) is 0.611. The van der Waals surface area contributed by atoms with Crippen LogP contribution in [-0.4, -0.2) is 13.0 Å². The van der Waals surface area contributed by atoms with Gasteiger partial charge in [0, 0.05) is 5.69 Å². The maximum absolute atomic E-state index is 10.3. The molecule has 0 aromatic heterocycles. The molecule has 1 N–H and O–H groups in total. The number of hydrogen-bond acceptors (Lipinski definition) is 2. The van der Waals surface area contributed by atoms with Gasteiger partial charge < -0.3 is 10.1 Å². The highest BCUT2D eigenvalue weighted by Gasteiger charge is 1.96. The van der Waals surface area contributed by atoms with Gasteiger partial charge in [0.1, 0.15) is 5.75 Å². The summed E-state index contributed by atoms with van der Waals surface area (Å²) in [5.41, 5.74) is 0.792. The van der Waals surface area contributed by atoms with Crippen LogP contribution in [0.25, 0.3) is 0 Å². The van der Waals surface area contributed by atoms with Crippen LogP contribution in [0.15, 0.2) is 24.3 Å². The Labute approximate surface area is 129 Å². The number of nitrogens with one attached hydrogen (secondary N) is 1. The van der Waals surface area contributed by atoms with Crippen molar-refractivity contribution < 1.29 is 9.53 Å². The van der Waals surface area contributed by atoms with Crippen molar-refractivity contribution in [3.63, 3.8) is 0 Å². The van der Waals surface area contributed by atoms with Crippen molar-refractivity contribution >= 4 is 12.1 Å². The topological polar surface area (TPSA) is 38.3 Å². The van der Waals surface area contributed by atoms with Crippen LogP contribution >= 0.6 is 0 Å². The van der Waals surface area contributed by atoms with E-state index >= 15 is 0 Å². The molecular weight excluding hydrogens is 262 g/mol. The number of benzene rings is 1.